The van der Waals surface area contributed by atoms with Crippen molar-refractivity contribution in [3.8, 4) is 5.75 Å². The third-order valence-electron chi connectivity index (χ3n) is 3.74. The maximum absolute atomic E-state index is 10.7. The molecule has 17 heavy (non-hydrogen) atoms. The lowest BCUT2D eigenvalue weighted by Gasteiger charge is -2.28. The lowest BCUT2D eigenvalue weighted by molar-refractivity contribution is 0.00444. The second-order valence-corrected chi connectivity index (χ2v) is 5.41. The summed E-state index contributed by atoms with van der Waals surface area (Å²) < 4.78 is 5.61. The molecule has 2 rings (SSSR count). The summed E-state index contributed by atoms with van der Waals surface area (Å²) in [6.07, 6.45) is 3.29. The fourth-order valence-electron chi connectivity index (χ4n) is 2.69. The Hall–Kier alpha value is -1.02. The SMILES string of the molecule is CC(C)Oc1ccc(C2(O)CCCC2C)cc1. The molecule has 0 aromatic heterocycles. The molecule has 2 heteroatoms. The molecule has 0 aliphatic heterocycles. The van der Waals surface area contributed by atoms with Gasteiger partial charge in [-0.1, -0.05) is 19.1 Å². The first-order valence-corrected chi connectivity index (χ1v) is 6.52. The van der Waals surface area contributed by atoms with Crippen LogP contribution < -0.4 is 4.74 Å². The van der Waals surface area contributed by atoms with Crippen molar-refractivity contribution in [2.45, 2.75) is 51.7 Å². The predicted octanol–water partition coefficient (Wildman–Crippen LogP) is 3.48. The van der Waals surface area contributed by atoms with Crippen LogP contribution in [0.25, 0.3) is 0 Å². The summed E-state index contributed by atoms with van der Waals surface area (Å²) in [5.41, 5.74) is 0.398. The summed E-state index contributed by atoms with van der Waals surface area (Å²) in [4.78, 5) is 0. The lowest BCUT2D eigenvalue weighted by atomic mass is 9.85. The molecule has 0 amide bonds. The molecule has 0 radical (unpaired) electrons. The minimum atomic E-state index is -0.629. The first-order chi connectivity index (χ1) is 8.02. The van der Waals surface area contributed by atoms with E-state index in [0.717, 1.165) is 30.6 Å². The largest absolute Gasteiger partial charge is 0.491 e. The Kier molecular flexibility index (Phi) is 3.43. The molecule has 2 atom stereocenters. The van der Waals surface area contributed by atoms with E-state index in [0.29, 0.717) is 5.92 Å². The van der Waals surface area contributed by atoms with E-state index in [1.807, 2.05) is 38.1 Å². The van der Waals surface area contributed by atoms with Crippen molar-refractivity contribution in [1.29, 1.82) is 0 Å². The maximum atomic E-state index is 10.7. The number of rotatable bonds is 3. The van der Waals surface area contributed by atoms with Crippen molar-refractivity contribution in [3.05, 3.63) is 29.8 Å². The Labute approximate surface area is 104 Å². The predicted molar refractivity (Wildman–Crippen MR) is 69.1 cm³/mol. The Morgan fingerprint density at radius 2 is 1.94 bits per heavy atom. The van der Waals surface area contributed by atoms with E-state index in [4.69, 9.17) is 4.74 Å². The summed E-state index contributed by atoms with van der Waals surface area (Å²) in [5, 5.41) is 10.7. The highest BCUT2D eigenvalue weighted by atomic mass is 16.5. The Morgan fingerprint density at radius 1 is 1.29 bits per heavy atom. The van der Waals surface area contributed by atoms with Gasteiger partial charge in [-0.15, -0.1) is 0 Å². The Balaban J connectivity index is 2.17. The van der Waals surface area contributed by atoms with E-state index in [1.165, 1.54) is 0 Å². The first-order valence-electron chi connectivity index (χ1n) is 6.52. The van der Waals surface area contributed by atoms with Crippen molar-refractivity contribution >= 4 is 0 Å². The van der Waals surface area contributed by atoms with Crippen LogP contribution >= 0.6 is 0 Å². The van der Waals surface area contributed by atoms with Gasteiger partial charge in [0.2, 0.25) is 0 Å². The maximum Gasteiger partial charge on any atom is 0.119 e. The van der Waals surface area contributed by atoms with Gasteiger partial charge in [0, 0.05) is 0 Å². The monoisotopic (exact) mass is 234 g/mol. The average molecular weight is 234 g/mol. The topological polar surface area (TPSA) is 29.5 Å². The smallest absolute Gasteiger partial charge is 0.119 e. The summed E-state index contributed by atoms with van der Waals surface area (Å²) in [6, 6.07) is 7.91. The molecule has 0 saturated heterocycles. The van der Waals surface area contributed by atoms with Gasteiger partial charge >= 0.3 is 0 Å². The molecule has 1 saturated carbocycles. The van der Waals surface area contributed by atoms with E-state index >= 15 is 0 Å². The van der Waals surface area contributed by atoms with E-state index in [2.05, 4.69) is 6.92 Å². The minimum absolute atomic E-state index is 0.189. The van der Waals surface area contributed by atoms with Crippen molar-refractivity contribution in [1.82, 2.24) is 0 Å². The highest BCUT2D eigenvalue weighted by molar-refractivity contribution is 5.32. The molecular formula is C15H22O2. The molecule has 0 heterocycles. The summed E-state index contributed by atoms with van der Waals surface area (Å²) >= 11 is 0. The van der Waals surface area contributed by atoms with Crippen molar-refractivity contribution in [2.75, 3.05) is 0 Å². The van der Waals surface area contributed by atoms with Gasteiger partial charge in [-0.25, -0.2) is 0 Å². The Bertz CT molecular complexity index is 369. The highest BCUT2D eigenvalue weighted by Crippen LogP contribution is 2.43. The van der Waals surface area contributed by atoms with Crippen LogP contribution in [-0.2, 0) is 5.60 Å². The van der Waals surface area contributed by atoms with Crippen LogP contribution in [-0.4, -0.2) is 11.2 Å². The fraction of sp³-hybridized carbons (Fsp3) is 0.600. The van der Waals surface area contributed by atoms with Crippen molar-refractivity contribution in [2.24, 2.45) is 5.92 Å². The third-order valence-corrected chi connectivity index (χ3v) is 3.74. The first kappa shape index (κ1) is 12.4. The standard InChI is InChI=1S/C15H22O2/c1-11(2)17-14-8-6-13(7-9-14)15(16)10-4-5-12(15)3/h6-9,11-12,16H,4-5,10H2,1-3H3. The molecule has 1 fully saturated rings. The van der Waals surface area contributed by atoms with Gasteiger partial charge in [0.05, 0.1) is 11.7 Å². The van der Waals surface area contributed by atoms with Crippen molar-refractivity contribution < 1.29 is 9.84 Å². The van der Waals surface area contributed by atoms with Gasteiger partial charge < -0.3 is 9.84 Å². The molecule has 1 aromatic rings. The highest BCUT2D eigenvalue weighted by Gasteiger charge is 2.39. The van der Waals surface area contributed by atoms with Crippen LogP contribution in [0.15, 0.2) is 24.3 Å². The van der Waals surface area contributed by atoms with Gasteiger partial charge in [-0.05, 0) is 56.7 Å². The van der Waals surface area contributed by atoms with Crippen LogP contribution in [0.5, 0.6) is 5.75 Å². The van der Waals surface area contributed by atoms with Crippen LogP contribution in [0, 0.1) is 5.92 Å². The Morgan fingerprint density at radius 3 is 2.41 bits per heavy atom. The summed E-state index contributed by atoms with van der Waals surface area (Å²) in [5.74, 6) is 1.22. The molecule has 0 bridgehead atoms. The summed E-state index contributed by atoms with van der Waals surface area (Å²) in [7, 11) is 0. The number of benzene rings is 1. The zero-order chi connectivity index (χ0) is 12.5. The number of hydrogen-bond donors (Lipinski definition) is 1. The van der Waals surface area contributed by atoms with E-state index in [1.54, 1.807) is 0 Å². The van der Waals surface area contributed by atoms with Gasteiger partial charge in [0.1, 0.15) is 5.75 Å². The molecule has 1 aromatic carbocycles. The zero-order valence-electron chi connectivity index (χ0n) is 10.9. The van der Waals surface area contributed by atoms with Crippen molar-refractivity contribution in [3.63, 3.8) is 0 Å². The van der Waals surface area contributed by atoms with E-state index < -0.39 is 5.60 Å². The summed E-state index contributed by atoms with van der Waals surface area (Å²) in [6.45, 7) is 6.16. The van der Waals surface area contributed by atoms with Crippen LogP contribution in [0.1, 0.15) is 45.6 Å². The molecule has 1 aliphatic carbocycles. The van der Waals surface area contributed by atoms with Crippen LogP contribution in [0.3, 0.4) is 0 Å². The van der Waals surface area contributed by atoms with E-state index in [-0.39, 0.29) is 6.10 Å². The molecule has 1 N–H and O–H groups in total. The zero-order valence-corrected chi connectivity index (χ0v) is 10.9. The fourth-order valence-corrected chi connectivity index (χ4v) is 2.69. The third kappa shape index (κ3) is 2.47. The molecular weight excluding hydrogens is 212 g/mol. The number of hydrogen-bond acceptors (Lipinski definition) is 2. The van der Waals surface area contributed by atoms with Gasteiger partial charge in [0.15, 0.2) is 0 Å². The lowest BCUT2D eigenvalue weighted by Crippen LogP contribution is -2.28. The van der Waals surface area contributed by atoms with Gasteiger partial charge in [-0.2, -0.15) is 0 Å². The number of aliphatic hydroxyl groups is 1. The van der Waals surface area contributed by atoms with Gasteiger partial charge in [0.25, 0.3) is 0 Å². The second kappa shape index (κ2) is 4.69. The molecule has 2 unspecified atom stereocenters. The quantitative estimate of drug-likeness (QED) is 0.867. The molecule has 0 spiro atoms. The van der Waals surface area contributed by atoms with Gasteiger partial charge in [-0.3, -0.25) is 0 Å². The van der Waals surface area contributed by atoms with Crippen LogP contribution in [0.4, 0.5) is 0 Å². The minimum Gasteiger partial charge on any atom is -0.491 e. The molecule has 2 nitrogen and oxygen atoms in total. The van der Waals surface area contributed by atoms with E-state index in [9.17, 15) is 5.11 Å². The molecule has 1 aliphatic rings. The number of ether oxygens (including phenoxy) is 1. The normalized spacial score (nSPS) is 28.6. The molecule has 94 valence electrons. The van der Waals surface area contributed by atoms with Crippen LogP contribution in [0.2, 0.25) is 0 Å². The average Bonchev–Trinajstić information content (AvgIpc) is 2.60. The second-order valence-electron chi connectivity index (χ2n) is 5.41.